The van der Waals surface area contributed by atoms with Crippen LogP contribution in [0.3, 0.4) is 0 Å². The van der Waals surface area contributed by atoms with Gasteiger partial charge in [0.2, 0.25) is 0 Å². The van der Waals surface area contributed by atoms with Gasteiger partial charge < -0.3 is 20.2 Å². The third-order valence-corrected chi connectivity index (χ3v) is 5.71. The number of aliphatic imine (C=N–C) groups is 1. The second-order valence-electron chi connectivity index (χ2n) is 7.46. The molecular formula is C22H28N4O. The minimum Gasteiger partial charge on any atom is -0.506 e. The van der Waals surface area contributed by atoms with Crippen molar-refractivity contribution in [3.05, 3.63) is 59.7 Å². The molecule has 142 valence electrons. The molecule has 2 unspecified atom stereocenters. The van der Waals surface area contributed by atoms with Crippen molar-refractivity contribution in [2.24, 2.45) is 4.99 Å². The summed E-state index contributed by atoms with van der Waals surface area (Å²) in [6.45, 7) is 5.75. The first-order chi connectivity index (χ1) is 13.2. The summed E-state index contributed by atoms with van der Waals surface area (Å²) in [5.74, 6) is 1.94. The van der Waals surface area contributed by atoms with Crippen LogP contribution in [0.2, 0.25) is 0 Å². The summed E-state index contributed by atoms with van der Waals surface area (Å²) in [5, 5.41) is 13.7. The van der Waals surface area contributed by atoms with Gasteiger partial charge in [-0.05, 0) is 36.6 Å². The highest BCUT2D eigenvalue weighted by atomic mass is 16.3. The number of aryl methyl sites for hydroxylation is 1. The van der Waals surface area contributed by atoms with E-state index in [4.69, 9.17) is 0 Å². The highest BCUT2D eigenvalue weighted by Gasteiger charge is 2.40. The SMILES string of the molecule is CN=C(NC1CC1c1ccccc1C)N1CCN(c2ccccc2O)CC1. The Balaban J connectivity index is 1.34. The number of nitrogens with one attached hydrogen (secondary N) is 1. The maximum absolute atomic E-state index is 10.1. The van der Waals surface area contributed by atoms with Crippen LogP contribution in [0.4, 0.5) is 5.69 Å². The number of phenolic OH excluding ortho intramolecular Hbond substituents is 1. The molecule has 2 aromatic rings. The normalized spacial score (nSPS) is 22.7. The lowest BCUT2D eigenvalue weighted by Gasteiger charge is -2.38. The van der Waals surface area contributed by atoms with E-state index in [1.165, 1.54) is 17.5 Å². The zero-order valence-electron chi connectivity index (χ0n) is 16.1. The van der Waals surface area contributed by atoms with Gasteiger partial charge in [-0.15, -0.1) is 0 Å². The number of hydrogen-bond donors (Lipinski definition) is 2. The lowest BCUT2D eigenvalue weighted by molar-refractivity contribution is 0.369. The third kappa shape index (κ3) is 3.72. The van der Waals surface area contributed by atoms with Crippen LogP contribution in [0, 0.1) is 6.92 Å². The number of benzene rings is 2. The Labute approximate surface area is 161 Å². The van der Waals surface area contributed by atoms with Gasteiger partial charge in [-0.25, -0.2) is 0 Å². The van der Waals surface area contributed by atoms with Gasteiger partial charge in [0.15, 0.2) is 5.96 Å². The standard InChI is InChI=1S/C22H28N4O/c1-16-7-3-4-8-17(16)18-15-19(18)24-22(23-2)26-13-11-25(12-14-26)20-9-5-6-10-21(20)27/h3-10,18-19,27H,11-15H2,1-2H3,(H,23,24). The number of phenols is 1. The van der Waals surface area contributed by atoms with Crippen LogP contribution in [0.5, 0.6) is 5.75 Å². The van der Waals surface area contributed by atoms with E-state index in [1.54, 1.807) is 6.07 Å². The van der Waals surface area contributed by atoms with E-state index >= 15 is 0 Å². The van der Waals surface area contributed by atoms with Crippen LogP contribution in [-0.2, 0) is 0 Å². The molecule has 4 rings (SSSR count). The number of piperazine rings is 1. The van der Waals surface area contributed by atoms with E-state index in [1.807, 2.05) is 25.2 Å². The maximum Gasteiger partial charge on any atom is 0.194 e. The average molecular weight is 364 g/mol. The van der Waals surface area contributed by atoms with Crippen molar-refractivity contribution in [3.63, 3.8) is 0 Å². The molecule has 0 amide bonds. The van der Waals surface area contributed by atoms with Gasteiger partial charge in [0, 0.05) is 45.2 Å². The molecule has 0 radical (unpaired) electrons. The fraction of sp³-hybridized carbons (Fsp3) is 0.409. The summed E-state index contributed by atoms with van der Waals surface area (Å²) in [4.78, 5) is 9.09. The second-order valence-corrected chi connectivity index (χ2v) is 7.46. The first-order valence-electron chi connectivity index (χ1n) is 9.74. The van der Waals surface area contributed by atoms with Gasteiger partial charge in [-0.2, -0.15) is 0 Å². The van der Waals surface area contributed by atoms with Gasteiger partial charge in [-0.3, -0.25) is 4.99 Å². The van der Waals surface area contributed by atoms with Crippen molar-refractivity contribution in [3.8, 4) is 5.75 Å². The molecule has 2 N–H and O–H groups in total. The molecule has 1 saturated heterocycles. The Morgan fingerprint density at radius 2 is 1.74 bits per heavy atom. The lowest BCUT2D eigenvalue weighted by atomic mass is 10.0. The predicted molar refractivity (Wildman–Crippen MR) is 111 cm³/mol. The van der Waals surface area contributed by atoms with E-state index < -0.39 is 0 Å². The van der Waals surface area contributed by atoms with E-state index in [-0.39, 0.29) is 0 Å². The second kappa shape index (κ2) is 7.51. The number of para-hydroxylation sites is 2. The van der Waals surface area contributed by atoms with Crippen LogP contribution in [-0.4, -0.2) is 55.2 Å². The summed E-state index contributed by atoms with van der Waals surface area (Å²) in [6, 6.07) is 16.7. The van der Waals surface area contributed by atoms with Crippen LogP contribution in [0.15, 0.2) is 53.5 Å². The Morgan fingerprint density at radius 3 is 2.44 bits per heavy atom. The zero-order valence-corrected chi connectivity index (χ0v) is 16.1. The summed E-state index contributed by atoms with van der Waals surface area (Å²) in [6.07, 6.45) is 1.17. The lowest BCUT2D eigenvalue weighted by Crippen LogP contribution is -2.53. The molecule has 0 spiro atoms. The molecule has 1 saturated carbocycles. The summed E-state index contributed by atoms with van der Waals surface area (Å²) in [7, 11) is 1.86. The molecule has 5 nitrogen and oxygen atoms in total. The number of guanidine groups is 1. The zero-order chi connectivity index (χ0) is 18.8. The molecule has 27 heavy (non-hydrogen) atoms. The Morgan fingerprint density at radius 1 is 1.04 bits per heavy atom. The quantitative estimate of drug-likeness (QED) is 0.649. The molecule has 1 aliphatic carbocycles. The van der Waals surface area contributed by atoms with Gasteiger partial charge in [0.05, 0.1) is 5.69 Å². The molecular weight excluding hydrogens is 336 g/mol. The number of aromatic hydroxyl groups is 1. The molecule has 2 aliphatic rings. The molecule has 2 fully saturated rings. The fourth-order valence-electron chi connectivity index (χ4n) is 4.05. The molecule has 1 aliphatic heterocycles. The van der Waals surface area contributed by atoms with Gasteiger partial charge in [0.1, 0.15) is 5.75 Å². The van der Waals surface area contributed by atoms with Gasteiger partial charge >= 0.3 is 0 Å². The topological polar surface area (TPSA) is 51.1 Å². The van der Waals surface area contributed by atoms with E-state index in [0.29, 0.717) is 17.7 Å². The van der Waals surface area contributed by atoms with Gasteiger partial charge in [-0.1, -0.05) is 36.4 Å². The summed E-state index contributed by atoms with van der Waals surface area (Å²) in [5.41, 5.74) is 3.75. The molecule has 2 aromatic carbocycles. The van der Waals surface area contributed by atoms with E-state index in [9.17, 15) is 5.11 Å². The Hall–Kier alpha value is -2.69. The van der Waals surface area contributed by atoms with Crippen molar-refractivity contribution in [1.29, 1.82) is 0 Å². The average Bonchev–Trinajstić information content (AvgIpc) is 3.46. The number of anilines is 1. The molecule has 5 heteroatoms. The largest absolute Gasteiger partial charge is 0.506 e. The fourth-order valence-corrected chi connectivity index (χ4v) is 4.05. The van der Waals surface area contributed by atoms with E-state index in [2.05, 4.69) is 51.3 Å². The highest BCUT2D eigenvalue weighted by Crippen LogP contribution is 2.42. The monoisotopic (exact) mass is 364 g/mol. The van der Waals surface area contributed by atoms with Crippen molar-refractivity contribution >= 4 is 11.6 Å². The summed E-state index contributed by atoms with van der Waals surface area (Å²) >= 11 is 0. The molecule has 1 heterocycles. The minimum absolute atomic E-state index is 0.354. The van der Waals surface area contributed by atoms with Crippen molar-refractivity contribution in [2.45, 2.75) is 25.3 Å². The maximum atomic E-state index is 10.1. The molecule has 2 atom stereocenters. The van der Waals surface area contributed by atoms with Crippen LogP contribution < -0.4 is 10.2 Å². The van der Waals surface area contributed by atoms with Crippen molar-refractivity contribution in [1.82, 2.24) is 10.2 Å². The Bertz CT molecular complexity index is 827. The van der Waals surface area contributed by atoms with E-state index in [0.717, 1.165) is 37.8 Å². The molecule has 0 aromatic heterocycles. The number of rotatable bonds is 3. The van der Waals surface area contributed by atoms with Crippen LogP contribution >= 0.6 is 0 Å². The highest BCUT2D eigenvalue weighted by molar-refractivity contribution is 5.81. The third-order valence-electron chi connectivity index (χ3n) is 5.71. The van der Waals surface area contributed by atoms with Crippen LogP contribution in [0.25, 0.3) is 0 Å². The number of hydrogen-bond acceptors (Lipinski definition) is 3. The minimum atomic E-state index is 0.354. The molecule has 0 bridgehead atoms. The smallest absolute Gasteiger partial charge is 0.194 e. The van der Waals surface area contributed by atoms with Gasteiger partial charge in [0.25, 0.3) is 0 Å². The van der Waals surface area contributed by atoms with Crippen molar-refractivity contribution in [2.75, 3.05) is 38.1 Å². The van der Waals surface area contributed by atoms with Crippen LogP contribution in [0.1, 0.15) is 23.5 Å². The van der Waals surface area contributed by atoms with Crippen molar-refractivity contribution < 1.29 is 5.11 Å². The Kier molecular flexibility index (Phi) is 4.92. The summed E-state index contributed by atoms with van der Waals surface area (Å²) < 4.78 is 0. The first-order valence-corrected chi connectivity index (χ1v) is 9.74. The predicted octanol–water partition coefficient (Wildman–Crippen LogP) is 2.95. The first kappa shape index (κ1) is 17.7. The number of nitrogens with zero attached hydrogens (tertiary/aromatic N) is 3.